The maximum atomic E-state index is 11.7. The molecule has 0 aromatic heterocycles. The largest absolute Gasteiger partial charge is 0.481 e. The summed E-state index contributed by atoms with van der Waals surface area (Å²) in [7, 11) is 0. The van der Waals surface area contributed by atoms with Crippen LogP contribution < -0.4 is 0 Å². The fourth-order valence-corrected chi connectivity index (χ4v) is 4.78. The summed E-state index contributed by atoms with van der Waals surface area (Å²) in [6, 6.07) is 8.82. The third-order valence-corrected chi connectivity index (χ3v) is 7.48. The topological polar surface area (TPSA) is 54.4 Å². The maximum Gasteiger partial charge on any atom is 0.309 e. The second-order valence-corrected chi connectivity index (χ2v) is 9.67. The highest BCUT2D eigenvalue weighted by atomic mass is 16.4. The van der Waals surface area contributed by atoms with Crippen LogP contribution in [0.3, 0.4) is 0 Å². The van der Waals surface area contributed by atoms with Gasteiger partial charge in [0.1, 0.15) is 5.78 Å². The van der Waals surface area contributed by atoms with Gasteiger partial charge < -0.3 is 5.11 Å². The maximum absolute atomic E-state index is 11.7. The van der Waals surface area contributed by atoms with Gasteiger partial charge in [-0.15, -0.1) is 0 Å². The number of carbonyl (C=O) groups excluding carboxylic acids is 1. The van der Waals surface area contributed by atoms with Crippen LogP contribution in [-0.4, -0.2) is 16.9 Å². The number of rotatable bonds is 15. The monoisotopic (exact) mass is 398 g/mol. The first-order chi connectivity index (χ1) is 14.0. The van der Waals surface area contributed by atoms with Crippen LogP contribution in [0.15, 0.2) is 24.3 Å². The fourth-order valence-electron chi connectivity index (χ4n) is 4.78. The lowest BCUT2D eigenvalue weighted by Gasteiger charge is -2.12. The molecule has 1 aromatic rings. The molecule has 2 aliphatic carbocycles. The van der Waals surface area contributed by atoms with E-state index in [0.717, 1.165) is 70.6 Å². The number of carbonyl (C=O) groups is 2. The van der Waals surface area contributed by atoms with Crippen LogP contribution in [0.5, 0.6) is 0 Å². The highest BCUT2D eigenvalue weighted by Gasteiger charge is 2.49. The predicted molar refractivity (Wildman–Crippen MR) is 117 cm³/mol. The molecule has 1 aromatic carbocycles. The van der Waals surface area contributed by atoms with Crippen molar-refractivity contribution >= 4 is 11.8 Å². The van der Waals surface area contributed by atoms with E-state index in [9.17, 15) is 14.7 Å². The average Bonchev–Trinajstić information content (AvgIpc) is 3.60. The Kier molecular flexibility index (Phi) is 7.54. The van der Waals surface area contributed by atoms with Gasteiger partial charge in [0.25, 0.3) is 0 Å². The number of carboxylic acids is 1. The molecule has 0 amide bonds. The number of carboxylic acid groups (broad SMARTS) is 1. The zero-order chi connectivity index (χ0) is 20.7. The fraction of sp³-hybridized carbons (Fsp3) is 0.692. The molecule has 0 saturated heterocycles. The Morgan fingerprint density at radius 2 is 1.21 bits per heavy atom. The van der Waals surface area contributed by atoms with Gasteiger partial charge in [-0.3, -0.25) is 9.59 Å². The summed E-state index contributed by atoms with van der Waals surface area (Å²) in [5, 5.41) is 9.26. The molecule has 3 nitrogen and oxygen atoms in total. The number of hydrogen-bond acceptors (Lipinski definition) is 2. The van der Waals surface area contributed by atoms with Gasteiger partial charge in [-0.05, 0) is 82.3 Å². The van der Waals surface area contributed by atoms with Gasteiger partial charge in [-0.1, -0.05) is 56.4 Å². The summed E-state index contributed by atoms with van der Waals surface area (Å²) in [5.41, 5.74) is 2.68. The first-order valence-electron chi connectivity index (χ1n) is 11.8. The van der Waals surface area contributed by atoms with Crippen LogP contribution in [0.2, 0.25) is 0 Å². The molecule has 0 atom stereocenters. The van der Waals surface area contributed by atoms with Crippen LogP contribution in [0.25, 0.3) is 0 Å². The van der Waals surface area contributed by atoms with Crippen molar-refractivity contribution in [2.24, 2.45) is 10.8 Å². The Bertz CT molecular complexity index is 698. The molecule has 0 radical (unpaired) electrons. The van der Waals surface area contributed by atoms with Crippen molar-refractivity contribution < 1.29 is 14.7 Å². The Balaban J connectivity index is 1.29. The quantitative estimate of drug-likeness (QED) is 0.342. The lowest BCUT2D eigenvalue weighted by molar-refractivity contribution is -0.143. The number of aryl methyl sites for hydroxylation is 2. The van der Waals surface area contributed by atoms with E-state index in [4.69, 9.17) is 0 Å². The highest BCUT2D eigenvalue weighted by Crippen LogP contribution is 2.51. The van der Waals surface area contributed by atoms with Crippen LogP contribution in [0.4, 0.5) is 0 Å². The van der Waals surface area contributed by atoms with E-state index in [0.29, 0.717) is 5.78 Å². The summed E-state index contributed by atoms with van der Waals surface area (Å²) < 4.78 is 0. The molecule has 160 valence electrons. The molecule has 2 aliphatic rings. The number of Topliss-reactive ketones (excluding diaryl/α,β-unsaturated/α-hetero) is 1. The van der Waals surface area contributed by atoms with Crippen LogP contribution in [-0.2, 0) is 22.4 Å². The molecule has 0 aliphatic heterocycles. The minimum Gasteiger partial charge on any atom is -0.481 e. The number of benzene rings is 1. The molecule has 0 spiro atoms. The zero-order valence-corrected chi connectivity index (χ0v) is 18.2. The molecule has 0 unspecified atom stereocenters. The second-order valence-electron chi connectivity index (χ2n) is 9.67. The SMILES string of the molecule is CC(=O)C1(CCCCCCc2ccccc2CCCCCC2(C(=O)O)CC2)CC1. The van der Waals surface area contributed by atoms with Crippen molar-refractivity contribution in [1.29, 1.82) is 0 Å². The standard InChI is InChI=1S/C26H38O3/c1-21(27)25(17-18-25)15-9-3-2-5-11-22-13-7-8-14-23(22)12-6-4-10-16-26(19-20-26)24(28)29/h7-8,13-14H,2-6,9-12,15-20H2,1H3,(H,28,29). The summed E-state index contributed by atoms with van der Waals surface area (Å²) >= 11 is 0. The molecule has 2 saturated carbocycles. The van der Waals surface area contributed by atoms with E-state index >= 15 is 0 Å². The van der Waals surface area contributed by atoms with Crippen molar-refractivity contribution in [3.8, 4) is 0 Å². The second kappa shape index (κ2) is 9.91. The van der Waals surface area contributed by atoms with Gasteiger partial charge in [0.05, 0.1) is 5.41 Å². The Morgan fingerprint density at radius 3 is 1.66 bits per heavy atom. The Hall–Kier alpha value is -1.64. The molecule has 2 fully saturated rings. The van der Waals surface area contributed by atoms with E-state index in [-0.39, 0.29) is 10.8 Å². The lowest BCUT2D eigenvalue weighted by atomic mass is 9.93. The predicted octanol–water partition coefficient (Wildman–Crippen LogP) is 6.52. The zero-order valence-electron chi connectivity index (χ0n) is 18.2. The highest BCUT2D eigenvalue weighted by molar-refractivity contribution is 5.84. The number of hydrogen-bond donors (Lipinski definition) is 1. The van der Waals surface area contributed by atoms with Crippen molar-refractivity contribution in [3.05, 3.63) is 35.4 Å². The van der Waals surface area contributed by atoms with Crippen molar-refractivity contribution in [2.75, 3.05) is 0 Å². The summed E-state index contributed by atoms with van der Waals surface area (Å²) in [4.78, 5) is 22.9. The summed E-state index contributed by atoms with van der Waals surface area (Å²) in [5.74, 6) is -0.182. The van der Waals surface area contributed by atoms with E-state index in [2.05, 4.69) is 24.3 Å². The number of ketones is 1. The summed E-state index contributed by atoms with van der Waals surface area (Å²) in [6.07, 6.45) is 16.4. The van der Waals surface area contributed by atoms with Crippen molar-refractivity contribution in [2.45, 2.75) is 103 Å². The van der Waals surface area contributed by atoms with Gasteiger partial charge in [-0.25, -0.2) is 0 Å². The minimum atomic E-state index is -0.587. The van der Waals surface area contributed by atoms with Crippen LogP contribution >= 0.6 is 0 Å². The minimum absolute atomic E-state index is 0.0796. The van der Waals surface area contributed by atoms with Crippen LogP contribution in [0.1, 0.15) is 102 Å². The molecule has 3 heteroatoms. The third kappa shape index (κ3) is 6.17. The third-order valence-electron chi connectivity index (χ3n) is 7.48. The molecular weight excluding hydrogens is 360 g/mol. The van der Waals surface area contributed by atoms with E-state index in [1.165, 1.54) is 36.8 Å². The van der Waals surface area contributed by atoms with Crippen LogP contribution in [0, 0.1) is 10.8 Å². The first-order valence-corrected chi connectivity index (χ1v) is 11.8. The van der Waals surface area contributed by atoms with E-state index < -0.39 is 5.97 Å². The van der Waals surface area contributed by atoms with E-state index in [1.54, 1.807) is 6.92 Å². The molecule has 1 N–H and O–H groups in total. The molecule has 0 bridgehead atoms. The molecule has 3 rings (SSSR count). The van der Waals surface area contributed by atoms with E-state index in [1.807, 2.05) is 0 Å². The van der Waals surface area contributed by atoms with Gasteiger partial charge in [-0.2, -0.15) is 0 Å². The molecular formula is C26H38O3. The Morgan fingerprint density at radius 1 is 0.759 bits per heavy atom. The Labute approximate surface area is 176 Å². The lowest BCUT2D eigenvalue weighted by Crippen LogP contribution is -2.14. The number of aliphatic carboxylic acids is 1. The summed E-state index contributed by atoms with van der Waals surface area (Å²) in [6.45, 7) is 1.76. The smallest absolute Gasteiger partial charge is 0.309 e. The average molecular weight is 399 g/mol. The normalized spacial score (nSPS) is 18.4. The van der Waals surface area contributed by atoms with Gasteiger partial charge >= 0.3 is 5.97 Å². The first kappa shape index (κ1) is 22.1. The number of unbranched alkanes of at least 4 members (excludes halogenated alkanes) is 5. The van der Waals surface area contributed by atoms with Crippen molar-refractivity contribution in [3.63, 3.8) is 0 Å². The van der Waals surface area contributed by atoms with Gasteiger partial charge in [0.2, 0.25) is 0 Å². The molecule has 29 heavy (non-hydrogen) atoms. The molecule has 0 heterocycles. The van der Waals surface area contributed by atoms with Crippen molar-refractivity contribution in [1.82, 2.24) is 0 Å². The van der Waals surface area contributed by atoms with Gasteiger partial charge in [0.15, 0.2) is 0 Å². The van der Waals surface area contributed by atoms with Gasteiger partial charge in [0, 0.05) is 5.41 Å².